The zero-order valence-electron chi connectivity index (χ0n) is 22.5. The highest BCUT2D eigenvalue weighted by molar-refractivity contribution is 7.18. The van der Waals surface area contributed by atoms with Crippen LogP contribution in [0.15, 0.2) is 36.7 Å². The first-order valence-corrected chi connectivity index (χ1v) is 14.0. The number of carbonyl (C=O) groups excluding carboxylic acids is 1. The monoisotopic (exact) mass is 561 g/mol. The summed E-state index contributed by atoms with van der Waals surface area (Å²) in [5.74, 6) is 0.746. The highest BCUT2D eigenvalue weighted by atomic mass is 32.1. The lowest BCUT2D eigenvalue weighted by atomic mass is 9.86. The van der Waals surface area contributed by atoms with Crippen LogP contribution >= 0.6 is 11.3 Å². The maximum Gasteiger partial charge on any atom is 0.407 e. The number of fused-ring (bicyclic) bond motifs is 1. The second-order valence-electron chi connectivity index (χ2n) is 11.7. The molecule has 2 fully saturated rings. The van der Waals surface area contributed by atoms with Crippen molar-refractivity contribution in [1.82, 2.24) is 20.2 Å². The van der Waals surface area contributed by atoms with Gasteiger partial charge in [-0.3, -0.25) is 4.90 Å². The predicted octanol–water partition coefficient (Wildman–Crippen LogP) is 5.92. The normalized spacial score (nSPS) is 20.3. The van der Waals surface area contributed by atoms with Crippen LogP contribution < -0.4 is 10.2 Å². The van der Waals surface area contributed by atoms with Crippen LogP contribution in [-0.2, 0) is 24.2 Å². The quantitative estimate of drug-likeness (QED) is 0.403. The van der Waals surface area contributed by atoms with E-state index in [1.165, 1.54) is 11.9 Å². The number of anilines is 1. The van der Waals surface area contributed by atoms with Gasteiger partial charge >= 0.3 is 12.3 Å². The van der Waals surface area contributed by atoms with Gasteiger partial charge in [0.25, 0.3) is 0 Å². The van der Waals surface area contributed by atoms with Gasteiger partial charge in [-0.05, 0) is 57.4 Å². The number of nitrogens with zero attached hydrogens (tertiary/aromatic N) is 4. The molecule has 1 aromatic carbocycles. The Bertz CT molecular complexity index is 1320. The first-order chi connectivity index (χ1) is 18.4. The molecule has 39 heavy (non-hydrogen) atoms. The topological polar surface area (TPSA) is 70.6 Å². The maximum absolute atomic E-state index is 12.9. The molecule has 0 radical (unpaired) electrons. The zero-order valence-corrected chi connectivity index (χ0v) is 23.3. The van der Waals surface area contributed by atoms with Crippen molar-refractivity contribution in [1.29, 1.82) is 0 Å². The fourth-order valence-corrected chi connectivity index (χ4v) is 6.57. The Labute approximate surface area is 230 Å². The van der Waals surface area contributed by atoms with Crippen molar-refractivity contribution in [3.8, 4) is 0 Å². The van der Waals surface area contributed by atoms with Gasteiger partial charge in [0.2, 0.25) is 0 Å². The number of hydrogen-bond donors (Lipinski definition) is 1. The van der Waals surface area contributed by atoms with Crippen molar-refractivity contribution >= 4 is 33.5 Å². The van der Waals surface area contributed by atoms with Crippen LogP contribution in [0.5, 0.6) is 0 Å². The molecular formula is C28H34F3N5O2S. The van der Waals surface area contributed by atoms with E-state index in [1.54, 1.807) is 6.07 Å². The van der Waals surface area contributed by atoms with E-state index in [0.717, 1.165) is 73.7 Å². The number of alkyl halides is 3. The number of hydrogen-bond acceptors (Lipinski definition) is 7. The molecule has 11 heteroatoms. The molecule has 2 aromatic heterocycles. The van der Waals surface area contributed by atoms with Gasteiger partial charge in [0, 0.05) is 43.0 Å². The lowest BCUT2D eigenvalue weighted by Gasteiger charge is -2.25. The Balaban J connectivity index is 1.16. The van der Waals surface area contributed by atoms with Crippen molar-refractivity contribution in [2.24, 2.45) is 5.41 Å². The summed E-state index contributed by atoms with van der Waals surface area (Å²) in [7, 11) is 0. The van der Waals surface area contributed by atoms with Gasteiger partial charge in [0.1, 0.15) is 22.6 Å². The second kappa shape index (κ2) is 10.6. The highest BCUT2D eigenvalue weighted by Crippen LogP contribution is 2.43. The Morgan fingerprint density at radius 2 is 1.79 bits per heavy atom. The van der Waals surface area contributed by atoms with Crippen LogP contribution in [0.1, 0.15) is 49.6 Å². The van der Waals surface area contributed by atoms with E-state index in [1.807, 2.05) is 32.9 Å². The Hall–Kier alpha value is -2.92. The number of aromatic nitrogens is 2. The molecule has 0 bridgehead atoms. The number of halogens is 3. The molecule has 0 saturated carbocycles. The summed E-state index contributed by atoms with van der Waals surface area (Å²) >= 11 is 1.10. The number of amides is 1. The summed E-state index contributed by atoms with van der Waals surface area (Å²) in [5.41, 5.74) is 1.86. The summed E-state index contributed by atoms with van der Waals surface area (Å²) in [5, 5.41) is 3.50. The van der Waals surface area contributed by atoms with Crippen molar-refractivity contribution in [2.75, 3.05) is 31.1 Å². The smallest absolute Gasteiger partial charge is 0.407 e. The van der Waals surface area contributed by atoms with Crippen molar-refractivity contribution in [3.63, 3.8) is 0 Å². The molecule has 3 aromatic rings. The van der Waals surface area contributed by atoms with Crippen molar-refractivity contribution in [2.45, 2.75) is 64.9 Å². The summed E-state index contributed by atoms with van der Waals surface area (Å²) in [4.78, 5) is 26.2. The van der Waals surface area contributed by atoms with E-state index in [4.69, 9.17) is 4.74 Å². The Morgan fingerprint density at radius 1 is 1.08 bits per heavy atom. The zero-order chi connectivity index (χ0) is 27.8. The molecule has 1 N–H and O–H groups in total. The van der Waals surface area contributed by atoms with E-state index in [-0.39, 0.29) is 10.3 Å². The van der Waals surface area contributed by atoms with E-state index in [2.05, 4.69) is 37.2 Å². The van der Waals surface area contributed by atoms with E-state index >= 15 is 0 Å². The molecule has 1 amide bonds. The van der Waals surface area contributed by atoms with Crippen molar-refractivity contribution < 1.29 is 22.7 Å². The number of ether oxygens (including phenoxy) is 1. The highest BCUT2D eigenvalue weighted by Gasteiger charge is 2.44. The van der Waals surface area contributed by atoms with Gasteiger partial charge in [-0.1, -0.05) is 24.3 Å². The average molecular weight is 562 g/mol. The lowest BCUT2D eigenvalue weighted by Crippen LogP contribution is -2.32. The molecule has 2 aliphatic rings. The number of benzene rings is 1. The first-order valence-electron chi connectivity index (χ1n) is 13.2. The third-order valence-electron chi connectivity index (χ3n) is 7.25. The van der Waals surface area contributed by atoms with Gasteiger partial charge in [0.15, 0.2) is 0 Å². The number of carbonyl (C=O) groups is 1. The van der Waals surface area contributed by atoms with E-state index < -0.39 is 24.3 Å². The second-order valence-corrected chi connectivity index (χ2v) is 12.8. The molecule has 2 saturated heterocycles. The van der Waals surface area contributed by atoms with Gasteiger partial charge in [-0.25, -0.2) is 14.8 Å². The molecule has 0 aliphatic carbocycles. The minimum atomic E-state index is -4.24. The van der Waals surface area contributed by atoms with Crippen LogP contribution in [0, 0.1) is 5.41 Å². The molecule has 7 nitrogen and oxygen atoms in total. The third-order valence-corrected chi connectivity index (χ3v) is 8.30. The van der Waals surface area contributed by atoms with Gasteiger partial charge in [-0.15, -0.1) is 11.3 Å². The minimum Gasteiger partial charge on any atom is -0.444 e. The average Bonchev–Trinajstić information content (AvgIpc) is 3.54. The molecule has 210 valence electrons. The third kappa shape index (κ3) is 7.00. The van der Waals surface area contributed by atoms with Gasteiger partial charge in [-0.2, -0.15) is 13.2 Å². The van der Waals surface area contributed by atoms with Crippen molar-refractivity contribution in [3.05, 3.63) is 52.7 Å². The van der Waals surface area contributed by atoms with Crippen LogP contribution in [0.3, 0.4) is 0 Å². The number of alkyl carbamates (subject to hydrolysis) is 1. The molecule has 2 aliphatic heterocycles. The van der Waals surface area contributed by atoms with Gasteiger partial charge < -0.3 is 15.0 Å². The predicted molar refractivity (Wildman–Crippen MR) is 146 cm³/mol. The Kier molecular flexibility index (Phi) is 7.49. The number of rotatable bonds is 6. The van der Waals surface area contributed by atoms with Gasteiger partial charge in [0.05, 0.1) is 11.8 Å². The standard InChI is InChI=1S/C28H34F3N5O2S/c1-26(2,3)38-25(37)32-14-19-4-6-20(7-5-19)15-35-10-8-27(16-35)9-11-36(17-27)23-22-12-21(13-28(29,30)31)39-24(22)34-18-33-23/h4-7,12,18H,8-11,13-17H2,1-3H3,(H,32,37). The van der Waals surface area contributed by atoms with E-state index in [9.17, 15) is 18.0 Å². The molecule has 5 rings (SSSR count). The van der Waals surface area contributed by atoms with Crippen LogP contribution in [0.4, 0.5) is 23.8 Å². The lowest BCUT2D eigenvalue weighted by molar-refractivity contribution is -0.126. The fraction of sp³-hybridized carbons (Fsp3) is 0.536. The minimum absolute atomic E-state index is 0.152. The van der Waals surface area contributed by atoms with Crippen LogP contribution in [0.25, 0.3) is 10.2 Å². The first kappa shape index (κ1) is 27.6. The number of likely N-dealkylation sites (tertiary alicyclic amines) is 1. The molecule has 1 unspecified atom stereocenters. The van der Waals surface area contributed by atoms with Crippen LogP contribution in [0.2, 0.25) is 0 Å². The largest absolute Gasteiger partial charge is 0.444 e. The molecule has 4 heterocycles. The van der Waals surface area contributed by atoms with E-state index in [0.29, 0.717) is 11.4 Å². The Morgan fingerprint density at radius 3 is 2.51 bits per heavy atom. The summed E-state index contributed by atoms with van der Waals surface area (Å²) in [6, 6.07) is 9.88. The number of nitrogens with one attached hydrogen (secondary N) is 1. The summed E-state index contributed by atoms with van der Waals surface area (Å²) in [6.07, 6.45) is -2.03. The SMILES string of the molecule is CC(C)(C)OC(=O)NCc1ccc(CN2CCC3(CCN(c4ncnc5sc(CC(F)(F)F)cc45)C3)C2)cc1. The maximum atomic E-state index is 12.9. The summed E-state index contributed by atoms with van der Waals surface area (Å²) in [6.45, 7) is 10.4. The molecule has 1 atom stereocenters. The van der Waals surface area contributed by atoms with Crippen LogP contribution in [-0.4, -0.2) is 58.9 Å². The summed E-state index contributed by atoms with van der Waals surface area (Å²) < 4.78 is 44.1. The molecular weight excluding hydrogens is 527 g/mol. The number of thiophene rings is 1. The fourth-order valence-electron chi connectivity index (χ4n) is 5.55. The molecule has 1 spiro atoms.